The third-order valence-electron chi connectivity index (χ3n) is 3.49. The number of nitrogens with two attached hydrogens (primary N) is 1. The molecule has 0 aromatic carbocycles. The highest BCUT2D eigenvalue weighted by Gasteiger charge is 2.22. The molecule has 0 saturated heterocycles. The molecule has 0 aliphatic heterocycles. The van der Waals surface area contributed by atoms with E-state index in [1.807, 2.05) is 0 Å². The molecule has 1 atom stereocenters. The first-order valence-electron chi connectivity index (χ1n) is 7.61. The first kappa shape index (κ1) is 17.9. The first-order valence-corrected chi connectivity index (χ1v) is 7.61. The molecule has 0 heterocycles. The Morgan fingerprint density at radius 3 is 1.68 bits per heavy atom. The number of primary amides is 1. The molecule has 0 aromatic heterocycles. The maximum atomic E-state index is 10.9. The summed E-state index contributed by atoms with van der Waals surface area (Å²) in [7, 11) is 0. The Morgan fingerprint density at radius 1 is 0.895 bits per heavy atom. The molecular formula is C15H29NO3. The molecular weight excluding hydrogens is 242 g/mol. The Labute approximate surface area is 116 Å². The van der Waals surface area contributed by atoms with Crippen molar-refractivity contribution in [2.75, 3.05) is 0 Å². The highest BCUT2D eigenvalue weighted by atomic mass is 16.4. The van der Waals surface area contributed by atoms with E-state index in [0.29, 0.717) is 6.42 Å². The van der Waals surface area contributed by atoms with Crippen LogP contribution in [0.25, 0.3) is 0 Å². The van der Waals surface area contributed by atoms with Gasteiger partial charge >= 0.3 is 5.97 Å². The maximum absolute atomic E-state index is 10.9. The van der Waals surface area contributed by atoms with Crippen LogP contribution in [-0.2, 0) is 9.59 Å². The van der Waals surface area contributed by atoms with Crippen molar-refractivity contribution in [3.63, 3.8) is 0 Å². The molecule has 0 aliphatic rings. The van der Waals surface area contributed by atoms with E-state index in [9.17, 15) is 9.59 Å². The molecule has 1 amide bonds. The van der Waals surface area contributed by atoms with Gasteiger partial charge in [-0.3, -0.25) is 9.59 Å². The van der Waals surface area contributed by atoms with Crippen LogP contribution in [0.5, 0.6) is 0 Å². The van der Waals surface area contributed by atoms with Crippen molar-refractivity contribution in [2.45, 2.75) is 77.6 Å². The minimum Gasteiger partial charge on any atom is -0.481 e. The monoisotopic (exact) mass is 271 g/mol. The van der Waals surface area contributed by atoms with Gasteiger partial charge in [-0.05, 0) is 6.42 Å². The van der Waals surface area contributed by atoms with Crippen molar-refractivity contribution in [2.24, 2.45) is 11.7 Å². The van der Waals surface area contributed by atoms with E-state index in [-0.39, 0.29) is 0 Å². The molecule has 0 bridgehead atoms. The summed E-state index contributed by atoms with van der Waals surface area (Å²) in [6.07, 6.45) is 12.3. The van der Waals surface area contributed by atoms with Crippen molar-refractivity contribution in [3.05, 3.63) is 0 Å². The fourth-order valence-electron chi connectivity index (χ4n) is 2.22. The molecule has 0 spiro atoms. The Bertz CT molecular complexity index is 240. The predicted molar refractivity (Wildman–Crippen MR) is 76.8 cm³/mol. The van der Waals surface area contributed by atoms with Crippen LogP contribution < -0.4 is 5.73 Å². The number of carboxylic acids is 1. The summed E-state index contributed by atoms with van der Waals surface area (Å²) in [6, 6.07) is 0. The van der Waals surface area contributed by atoms with Gasteiger partial charge in [0.15, 0.2) is 0 Å². The van der Waals surface area contributed by atoms with Gasteiger partial charge in [0, 0.05) is 0 Å². The number of hydrogen-bond acceptors (Lipinski definition) is 2. The number of carbonyl (C=O) groups excluding carboxylic acids is 1. The van der Waals surface area contributed by atoms with Gasteiger partial charge < -0.3 is 10.8 Å². The van der Waals surface area contributed by atoms with Crippen molar-refractivity contribution in [1.82, 2.24) is 0 Å². The average molecular weight is 271 g/mol. The summed E-state index contributed by atoms with van der Waals surface area (Å²) < 4.78 is 0. The zero-order valence-electron chi connectivity index (χ0n) is 12.2. The SMILES string of the molecule is CCCCCCCCCCCCC(C(N)=O)C(=O)O. The molecule has 4 nitrogen and oxygen atoms in total. The second-order valence-corrected chi connectivity index (χ2v) is 5.26. The van der Waals surface area contributed by atoms with Gasteiger partial charge in [-0.1, -0.05) is 71.1 Å². The second kappa shape index (κ2) is 12.0. The quantitative estimate of drug-likeness (QED) is 0.397. The summed E-state index contributed by atoms with van der Waals surface area (Å²) in [5, 5.41) is 8.79. The molecule has 0 rings (SSSR count). The number of unbranched alkanes of at least 4 members (excludes halogenated alkanes) is 9. The normalized spacial score (nSPS) is 12.3. The van der Waals surface area contributed by atoms with Gasteiger partial charge in [0.05, 0.1) is 0 Å². The van der Waals surface area contributed by atoms with E-state index in [0.717, 1.165) is 19.3 Å². The lowest BCUT2D eigenvalue weighted by Crippen LogP contribution is -2.30. The van der Waals surface area contributed by atoms with Crippen molar-refractivity contribution in [1.29, 1.82) is 0 Å². The smallest absolute Gasteiger partial charge is 0.316 e. The number of rotatable bonds is 13. The van der Waals surface area contributed by atoms with E-state index in [1.165, 1.54) is 44.9 Å². The Balaban J connectivity index is 3.35. The van der Waals surface area contributed by atoms with Gasteiger partial charge in [0.1, 0.15) is 5.92 Å². The van der Waals surface area contributed by atoms with Crippen LogP contribution in [-0.4, -0.2) is 17.0 Å². The first-order chi connectivity index (χ1) is 9.09. The molecule has 0 aromatic rings. The zero-order chi connectivity index (χ0) is 14.5. The average Bonchev–Trinajstić information content (AvgIpc) is 2.35. The lowest BCUT2D eigenvalue weighted by Gasteiger charge is -2.07. The van der Waals surface area contributed by atoms with Gasteiger partial charge in [-0.25, -0.2) is 0 Å². The van der Waals surface area contributed by atoms with E-state index in [1.54, 1.807) is 0 Å². The number of carbonyl (C=O) groups is 2. The van der Waals surface area contributed by atoms with E-state index in [2.05, 4.69) is 6.92 Å². The summed E-state index contributed by atoms with van der Waals surface area (Å²) in [4.78, 5) is 21.6. The summed E-state index contributed by atoms with van der Waals surface area (Å²) >= 11 is 0. The number of hydrogen-bond donors (Lipinski definition) is 2. The molecule has 19 heavy (non-hydrogen) atoms. The Morgan fingerprint density at radius 2 is 1.32 bits per heavy atom. The van der Waals surface area contributed by atoms with Gasteiger partial charge in [0.25, 0.3) is 0 Å². The highest BCUT2D eigenvalue weighted by molar-refractivity contribution is 5.95. The van der Waals surface area contributed by atoms with Crippen LogP contribution in [0.2, 0.25) is 0 Å². The largest absolute Gasteiger partial charge is 0.481 e. The van der Waals surface area contributed by atoms with E-state index < -0.39 is 17.8 Å². The van der Waals surface area contributed by atoms with Crippen LogP contribution in [0, 0.1) is 5.92 Å². The van der Waals surface area contributed by atoms with Gasteiger partial charge in [0.2, 0.25) is 5.91 Å². The summed E-state index contributed by atoms with van der Waals surface area (Å²) in [6.45, 7) is 2.22. The minimum absolute atomic E-state index is 0.376. The lowest BCUT2D eigenvalue weighted by atomic mass is 9.99. The third-order valence-corrected chi connectivity index (χ3v) is 3.49. The number of carboxylic acid groups (broad SMARTS) is 1. The van der Waals surface area contributed by atoms with E-state index >= 15 is 0 Å². The fraction of sp³-hybridized carbons (Fsp3) is 0.867. The molecule has 0 saturated carbocycles. The van der Waals surface area contributed by atoms with Crippen LogP contribution in [0.3, 0.4) is 0 Å². The Hall–Kier alpha value is -1.06. The summed E-state index contributed by atoms with van der Waals surface area (Å²) in [5.41, 5.74) is 5.04. The number of amides is 1. The predicted octanol–water partition coefficient (Wildman–Crippen LogP) is 3.48. The molecule has 0 fully saturated rings. The van der Waals surface area contributed by atoms with Crippen molar-refractivity contribution in [3.8, 4) is 0 Å². The third kappa shape index (κ3) is 10.5. The van der Waals surface area contributed by atoms with Crippen LogP contribution in [0.15, 0.2) is 0 Å². The van der Waals surface area contributed by atoms with E-state index in [4.69, 9.17) is 10.8 Å². The molecule has 112 valence electrons. The van der Waals surface area contributed by atoms with Crippen LogP contribution in [0.1, 0.15) is 77.6 Å². The second-order valence-electron chi connectivity index (χ2n) is 5.26. The Kier molecular flexibility index (Phi) is 11.3. The number of aliphatic carboxylic acids is 1. The summed E-state index contributed by atoms with van der Waals surface area (Å²) in [5.74, 6) is -2.82. The van der Waals surface area contributed by atoms with Gasteiger partial charge in [-0.2, -0.15) is 0 Å². The molecule has 0 aliphatic carbocycles. The topological polar surface area (TPSA) is 80.4 Å². The molecule has 0 radical (unpaired) electrons. The zero-order valence-corrected chi connectivity index (χ0v) is 12.2. The van der Waals surface area contributed by atoms with Crippen molar-refractivity contribution >= 4 is 11.9 Å². The van der Waals surface area contributed by atoms with Crippen LogP contribution in [0.4, 0.5) is 0 Å². The maximum Gasteiger partial charge on any atom is 0.316 e. The molecule has 4 heteroatoms. The van der Waals surface area contributed by atoms with Gasteiger partial charge in [-0.15, -0.1) is 0 Å². The fourth-order valence-corrected chi connectivity index (χ4v) is 2.22. The highest BCUT2D eigenvalue weighted by Crippen LogP contribution is 2.14. The lowest BCUT2D eigenvalue weighted by molar-refractivity contribution is -0.146. The van der Waals surface area contributed by atoms with Crippen molar-refractivity contribution < 1.29 is 14.7 Å². The molecule has 1 unspecified atom stereocenters. The molecule has 3 N–H and O–H groups in total. The standard InChI is InChI=1S/C15H29NO3/c1-2-3-4-5-6-7-8-9-10-11-12-13(14(16)17)15(18)19/h13H,2-12H2,1H3,(H2,16,17)(H,18,19). The minimum atomic E-state index is -1.09. The van der Waals surface area contributed by atoms with Crippen LogP contribution >= 0.6 is 0 Å².